The van der Waals surface area contributed by atoms with Crippen LogP contribution in [0.1, 0.15) is 44.6 Å². The molecule has 16 heavy (non-hydrogen) atoms. The Morgan fingerprint density at radius 1 is 1.31 bits per heavy atom. The van der Waals surface area contributed by atoms with Crippen LogP contribution in [0.25, 0.3) is 0 Å². The standard InChI is InChI=1S/C12H17N3O/c16-12(9-3-1-4-9)14-10-7-13-15(8-10)11-5-2-6-11/h7-9,11H,1-6H2,(H,14,16). The van der Waals surface area contributed by atoms with Crippen molar-refractivity contribution in [1.82, 2.24) is 9.78 Å². The summed E-state index contributed by atoms with van der Waals surface area (Å²) < 4.78 is 1.99. The highest BCUT2D eigenvalue weighted by molar-refractivity contribution is 5.92. The molecule has 1 aromatic rings. The maximum Gasteiger partial charge on any atom is 0.227 e. The van der Waals surface area contributed by atoms with Gasteiger partial charge in [0.25, 0.3) is 0 Å². The Balaban J connectivity index is 1.61. The van der Waals surface area contributed by atoms with Crippen LogP contribution in [0.4, 0.5) is 5.69 Å². The number of anilines is 1. The molecule has 2 aliphatic rings. The summed E-state index contributed by atoms with van der Waals surface area (Å²) in [5.74, 6) is 0.409. The van der Waals surface area contributed by atoms with Crippen LogP contribution in [0.3, 0.4) is 0 Å². The van der Waals surface area contributed by atoms with Gasteiger partial charge in [0.1, 0.15) is 0 Å². The fraction of sp³-hybridized carbons (Fsp3) is 0.667. The van der Waals surface area contributed by atoms with Crippen LogP contribution < -0.4 is 5.32 Å². The zero-order valence-corrected chi connectivity index (χ0v) is 9.35. The smallest absolute Gasteiger partial charge is 0.227 e. The first-order valence-electron chi connectivity index (χ1n) is 6.18. The second kappa shape index (κ2) is 3.92. The van der Waals surface area contributed by atoms with Gasteiger partial charge in [0, 0.05) is 12.1 Å². The summed E-state index contributed by atoms with van der Waals surface area (Å²) in [6.07, 6.45) is 10.7. The predicted molar refractivity (Wildman–Crippen MR) is 61.1 cm³/mol. The molecule has 0 bridgehead atoms. The molecule has 4 nitrogen and oxygen atoms in total. The van der Waals surface area contributed by atoms with Gasteiger partial charge in [-0.2, -0.15) is 5.10 Å². The molecule has 0 saturated heterocycles. The molecular weight excluding hydrogens is 202 g/mol. The van der Waals surface area contributed by atoms with Gasteiger partial charge in [0.2, 0.25) is 5.91 Å². The molecule has 0 radical (unpaired) electrons. The van der Waals surface area contributed by atoms with E-state index in [1.165, 1.54) is 25.7 Å². The van der Waals surface area contributed by atoms with Crippen molar-refractivity contribution in [3.05, 3.63) is 12.4 Å². The van der Waals surface area contributed by atoms with Crippen LogP contribution in [0.15, 0.2) is 12.4 Å². The second-order valence-electron chi connectivity index (χ2n) is 4.91. The molecule has 86 valence electrons. The number of carbonyl (C=O) groups excluding carboxylic acids is 1. The quantitative estimate of drug-likeness (QED) is 0.848. The lowest BCUT2D eigenvalue weighted by molar-refractivity contribution is -0.122. The van der Waals surface area contributed by atoms with Crippen LogP contribution in [-0.2, 0) is 4.79 Å². The lowest BCUT2D eigenvalue weighted by Gasteiger charge is -2.25. The van der Waals surface area contributed by atoms with Gasteiger partial charge in [-0.1, -0.05) is 6.42 Å². The Kier molecular flexibility index (Phi) is 2.42. The molecule has 0 aromatic carbocycles. The second-order valence-corrected chi connectivity index (χ2v) is 4.91. The zero-order valence-electron chi connectivity index (χ0n) is 9.35. The lowest BCUT2D eigenvalue weighted by atomic mass is 9.85. The van der Waals surface area contributed by atoms with Gasteiger partial charge in [0.05, 0.1) is 17.9 Å². The molecule has 4 heteroatoms. The van der Waals surface area contributed by atoms with Gasteiger partial charge < -0.3 is 5.32 Å². The summed E-state index contributed by atoms with van der Waals surface area (Å²) in [6.45, 7) is 0. The summed E-state index contributed by atoms with van der Waals surface area (Å²) in [5.41, 5.74) is 0.851. The van der Waals surface area contributed by atoms with E-state index in [1.807, 2.05) is 10.9 Å². The van der Waals surface area contributed by atoms with E-state index in [-0.39, 0.29) is 11.8 Å². The van der Waals surface area contributed by atoms with Crippen LogP contribution in [0, 0.1) is 5.92 Å². The minimum atomic E-state index is 0.166. The minimum absolute atomic E-state index is 0.166. The van der Waals surface area contributed by atoms with Crippen molar-refractivity contribution in [2.45, 2.75) is 44.6 Å². The highest BCUT2D eigenvalue weighted by atomic mass is 16.1. The molecule has 1 heterocycles. The number of rotatable bonds is 3. The number of hydrogen-bond donors (Lipinski definition) is 1. The number of nitrogens with one attached hydrogen (secondary N) is 1. The highest BCUT2D eigenvalue weighted by Gasteiger charge is 2.26. The van der Waals surface area contributed by atoms with E-state index in [4.69, 9.17) is 0 Å². The Hall–Kier alpha value is -1.32. The van der Waals surface area contributed by atoms with E-state index in [1.54, 1.807) is 6.20 Å². The highest BCUT2D eigenvalue weighted by Crippen LogP contribution is 2.32. The fourth-order valence-electron chi connectivity index (χ4n) is 2.17. The van der Waals surface area contributed by atoms with Crippen LogP contribution in [0.2, 0.25) is 0 Å². The topological polar surface area (TPSA) is 46.9 Å². The minimum Gasteiger partial charge on any atom is -0.323 e. The van der Waals surface area contributed by atoms with Crippen molar-refractivity contribution in [1.29, 1.82) is 0 Å². The largest absolute Gasteiger partial charge is 0.323 e. The van der Waals surface area contributed by atoms with Gasteiger partial charge in [-0.05, 0) is 32.1 Å². The summed E-state index contributed by atoms with van der Waals surface area (Å²) in [5, 5.41) is 7.24. The maximum absolute atomic E-state index is 11.7. The van der Waals surface area contributed by atoms with Crippen molar-refractivity contribution in [2.24, 2.45) is 5.92 Å². The average molecular weight is 219 g/mol. The summed E-state index contributed by atoms with van der Waals surface area (Å²) in [4.78, 5) is 11.7. The third kappa shape index (κ3) is 1.72. The third-order valence-electron chi connectivity index (χ3n) is 3.79. The molecule has 3 rings (SSSR count). The Labute approximate surface area is 95.0 Å². The van der Waals surface area contributed by atoms with Crippen molar-refractivity contribution >= 4 is 11.6 Å². The number of aromatic nitrogens is 2. The first kappa shape index (κ1) is 9.87. The van der Waals surface area contributed by atoms with Gasteiger partial charge in [-0.15, -0.1) is 0 Å². The lowest BCUT2D eigenvalue weighted by Crippen LogP contribution is -2.27. The summed E-state index contributed by atoms with van der Waals surface area (Å²) in [7, 11) is 0. The van der Waals surface area contributed by atoms with E-state index in [2.05, 4.69) is 10.4 Å². The third-order valence-corrected chi connectivity index (χ3v) is 3.79. The van der Waals surface area contributed by atoms with Gasteiger partial charge in [-0.3, -0.25) is 9.48 Å². The van der Waals surface area contributed by atoms with Gasteiger partial charge in [-0.25, -0.2) is 0 Å². The Morgan fingerprint density at radius 3 is 2.62 bits per heavy atom. The zero-order chi connectivity index (χ0) is 11.0. The van der Waals surface area contributed by atoms with E-state index in [0.717, 1.165) is 18.5 Å². The van der Waals surface area contributed by atoms with Crippen LogP contribution >= 0.6 is 0 Å². The van der Waals surface area contributed by atoms with Crippen molar-refractivity contribution in [3.8, 4) is 0 Å². The van der Waals surface area contributed by atoms with E-state index < -0.39 is 0 Å². The van der Waals surface area contributed by atoms with Crippen LogP contribution in [0.5, 0.6) is 0 Å². The van der Waals surface area contributed by atoms with Gasteiger partial charge >= 0.3 is 0 Å². The van der Waals surface area contributed by atoms with Crippen LogP contribution in [-0.4, -0.2) is 15.7 Å². The van der Waals surface area contributed by atoms with Crippen molar-refractivity contribution in [3.63, 3.8) is 0 Å². The molecule has 0 aliphatic heterocycles. The van der Waals surface area contributed by atoms with E-state index in [9.17, 15) is 4.79 Å². The molecule has 2 aliphatic carbocycles. The average Bonchev–Trinajstić information content (AvgIpc) is 2.46. The summed E-state index contributed by atoms with van der Waals surface area (Å²) in [6, 6.07) is 0.564. The fourth-order valence-corrected chi connectivity index (χ4v) is 2.17. The molecule has 0 spiro atoms. The Morgan fingerprint density at radius 2 is 2.06 bits per heavy atom. The summed E-state index contributed by atoms with van der Waals surface area (Å²) >= 11 is 0. The molecular formula is C12H17N3O. The molecule has 1 amide bonds. The molecule has 2 saturated carbocycles. The monoisotopic (exact) mass is 219 g/mol. The molecule has 0 unspecified atom stereocenters. The van der Waals surface area contributed by atoms with Crippen molar-refractivity contribution < 1.29 is 4.79 Å². The number of carbonyl (C=O) groups is 1. The number of hydrogen-bond acceptors (Lipinski definition) is 2. The van der Waals surface area contributed by atoms with E-state index >= 15 is 0 Å². The number of nitrogens with zero attached hydrogens (tertiary/aromatic N) is 2. The SMILES string of the molecule is O=C(Nc1cnn(C2CCC2)c1)C1CCC1. The first-order valence-corrected chi connectivity index (χ1v) is 6.18. The molecule has 1 aromatic heterocycles. The Bertz CT molecular complexity index is 391. The van der Waals surface area contributed by atoms with E-state index in [0.29, 0.717) is 6.04 Å². The first-order chi connectivity index (χ1) is 7.83. The molecule has 0 atom stereocenters. The number of amides is 1. The van der Waals surface area contributed by atoms with Gasteiger partial charge in [0.15, 0.2) is 0 Å². The maximum atomic E-state index is 11.7. The normalized spacial score (nSPS) is 21.2. The predicted octanol–water partition coefficient (Wildman–Crippen LogP) is 2.35. The molecule has 1 N–H and O–H groups in total. The van der Waals surface area contributed by atoms with Crippen molar-refractivity contribution in [2.75, 3.05) is 5.32 Å². The molecule has 2 fully saturated rings.